The van der Waals surface area contributed by atoms with Crippen molar-refractivity contribution < 1.29 is 5.11 Å². The molecule has 29 heavy (non-hydrogen) atoms. The zero-order valence-electron chi connectivity index (χ0n) is 15.4. The van der Waals surface area contributed by atoms with Gasteiger partial charge in [0.05, 0.1) is 16.3 Å². The van der Waals surface area contributed by atoms with E-state index in [-0.39, 0.29) is 10.8 Å². The molecule has 0 unspecified atom stereocenters. The number of azo groups is 1. The van der Waals surface area contributed by atoms with Crippen LogP contribution < -0.4 is 15.1 Å². The Kier molecular flexibility index (Phi) is 4.45. The van der Waals surface area contributed by atoms with Crippen LogP contribution in [0.2, 0.25) is 0 Å². The molecule has 2 aromatic heterocycles. The topological polar surface area (TPSA) is 106 Å². The van der Waals surface area contributed by atoms with Gasteiger partial charge in [-0.3, -0.25) is 9.78 Å². The lowest BCUT2D eigenvalue weighted by Crippen LogP contribution is -2.43. The second kappa shape index (κ2) is 7.26. The number of hydrogen-bond donors (Lipinski definition) is 3. The number of aromatic amines is 1. The Bertz CT molecular complexity index is 1170. The smallest absolute Gasteiger partial charge is 0.307 e. The van der Waals surface area contributed by atoms with Gasteiger partial charge in [0.2, 0.25) is 5.88 Å². The molecule has 0 spiro atoms. The summed E-state index contributed by atoms with van der Waals surface area (Å²) in [5.74, 6) is 0.833. The number of nitrogens with zero attached hydrogens (tertiary/aromatic N) is 4. The third-order valence-electron chi connectivity index (χ3n) is 4.98. The number of aromatic hydroxyl groups is 1. The first kappa shape index (κ1) is 17.8. The minimum Gasteiger partial charge on any atom is -0.493 e. The number of anilines is 1. The van der Waals surface area contributed by atoms with E-state index in [1.165, 1.54) is 0 Å². The number of hydrogen-bond acceptors (Lipinski definition) is 8. The number of piperazine rings is 1. The van der Waals surface area contributed by atoms with Crippen molar-refractivity contribution in [1.82, 2.24) is 15.3 Å². The first-order valence-corrected chi connectivity index (χ1v) is 10.1. The summed E-state index contributed by atoms with van der Waals surface area (Å²) in [4.78, 5) is 20.8. The molecule has 4 heterocycles. The maximum atomic E-state index is 11.4. The molecule has 0 saturated carbocycles. The molecular weight excluding hydrogens is 388 g/mol. The number of nitrogens with one attached hydrogen (secondary N) is 2. The molecule has 146 valence electrons. The maximum absolute atomic E-state index is 11.4. The van der Waals surface area contributed by atoms with Crippen molar-refractivity contribution in [3.05, 3.63) is 56.6 Å². The Balaban J connectivity index is 1.45. The van der Waals surface area contributed by atoms with E-state index in [0.717, 1.165) is 65.7 Å². The quantitative estimate of drug-likeness (QED) is 0.619. The van der Waals surface area contributed by atoms with E-state index in [1.54, 1.807) is 6.08 Å². The maximum Gasteiger partial charge on any atom is 0.307 e. The highest BCUT2D eigenvalue weighted by Gasteiger charge is 2.17. The Morgan fingerprint density at radius 3 is 2.66 bits per heavy atom. The van der Waals surface area contributed by atoms with Gasteiger partial charge >= 0.3 is 4.87 Å². The molecule has 5 rings (SSSR count). The Morgan fingerprint density at radius 2 is 1.93 bits per heavy atom. The van der Waals surface area contributed by atoms with Crippen LogP contribution in [0, 0.1) is 0 Å². The molecule has 3 N–H and O–H groups in total. The van der Waals surface area contributed by atoms with Gasteiger partial charge in [-0.1, -0.05) is 17.4 Å². The monoisotopic (exact) mass is 406 g/mol. The predicted octanol–water partition coefficient (Wildman–Crippen LogP) is 3.21. The first-order chi connectivity index (χ1) is 14.2. The van der Waals surface area contributed by atoms with Crippen molar-refractivity contribution in [2.24, 2.45) is 10.2 Å². The van der Waals surface area contributed by atoms with Crippen LogP contribution in [-0.2, 0) is 0 Å². The highest BCUT2D eigenvalue weighted by atomic mass is 32.1. The molecular formula is C20H18N6O2S. The lowest BCUT2D eigenvalue weighted by molar-refractivity contribution is 0.455. The summed E-state index contributed by atoms with van der Waals surface area (Å²) in [6.07, 6.45) is 3.55. The molecule has 1 saturated heterocycles. The van der Waals surface area contributed by atoms with E-state index in [4.69, 9.17) is 0 Å². The van der Waals surface area contributed by atoms with Gasteiger partial charge in [0.1, 0.15) is 5.82 Å². The minimum absolute atomic E-state index is 0.153. The molecule has 0 radical (unpaired) electrons. The van der Waals surface area contributed by atoms with E-state index < -0.39 is 0 Å². The van der Waals surface area contributed by atoms with Crippen molar-refractivity contribution in [3.8, 4) is 17.0 Å². The van der Waals surface area contributed by atoms with Crippen molar-refractivity contribution in [3.63, 3.8) is 0 Å². The van der Waals surface area contributed by atoms with E-state index in [1.807, 2.05) is 24.4 Å². The summed E-state index contributed by atoms with van der Waals surface area (Å²) in [5, 5.41) is 21.6. The molecule has 0 amide bonds. The van der Waals surface area contributed by atoms with Gasteiger partial charge in [-0.05, 0) is 35.9 Å². The first-order valence-electron chi connectivity index (χ1n) is 9.29. The van der Waals surface area contributed by atoms with Crippen LogP contribution in [0.25, 0.3) is 22.9 Å². The van der Waals surface area contributed by atoms with E-state index >= 15 is 0 Å². The number of H-pyrrole nitrogens is 1. The summed E-state index contributed by atoms with van der Waals surface area (Å²) < 4.78 is 0. The zero-order valence-corrected chi connectivity index (χ0v) is 16.2. The van der Waals surface area contributed by atoms with Crippen molar-refractivity contribution >= 4 is 34.6 Å². The second-order valence-electron chi connectivity index (χ2n) is 6.83. The van der Waals surface area contributed by atoms with Gasteiger partial charge < -0.3 is 15.3 Å². The number of rotatable bonds is 3. The third kappa shape index (κ3) is 3.45. The van der Waals surface area contributed by atoms with E-state index in [9.17, 15) is 9.90 Å². The number of thiazole rings is 1. The number of aromatic nitrogens is 2. The van der Waals surface area contributed by atoms with Crippen molar-refractivity contribution in [2.75, 3.05) is 31.1 Å². The molecule has 2 aliphatic rings. The molecule has 1 fully saturated rings. The lowest BCUT2D eigenvalue weighted by atomic mass is 10.0. The summed E-state index contributed by atoms with van der Waals surface area (Å²) >= 11 is 0.933. The van der Waals surface area contributed by atoms with Crippen LogP contribution >= 0.6 is 11.3 Å². The van der Waals surface area contributed by atoms with E-state index in [0.29, 0.717) is 10.6 Å². The SMILES string of the molecule is O=c1[nH]c(O)c(/C=C2\N=Nc3ccc(-c4ccc(N5CCNCC5)nc4)cc32)s1. The number of pyridine rings is 1. The molecule has 0 aliphatic carbocycles. The van der Waals surface area contributed by atoms with Crippen LogP contribution in [0.1, 0.15) is 10.4 Å². The largest absolute Gasteiger partial charge is 0.493 e. The number of fused-ring (bicyclic) bond motifs is 1. The highest BCUT2D eigenvalue weighted by Crippen LogP contribution is 2.39. The van der Waals surface area contributed by atoms with E-state index in [2.05, 4.69) is 42.5 Å². The van der Waals surface area contributed by atoms with Crippen molar-refractivity contribution in [1.29, 1.82) is 0 Å². The van der Waals surface area contributed by atoms with Crippen LogP contribution in [0.15, 0.2) is 51.6 Å². The summed E-state index contributed by atoms with van der Waals surface area (Å²) in [6.45, 7) is 3.87. The van der Waals surface area contributed by atoms with Crippen LogP contribution in [0.4, 0.5) is 11.5 Å². The van der Waals surface area contributed by atoms with Gasteiger partial charge in [-0.2, -0.15) is 0 Å². The molecule has 2 aliphatic heterocycles. The summed E-state index contributed by atoms with van der Waals surface area (Å²) in [6, 6.07) is 10.0. The molecule has 0 atom stereocenters. The fourth-order valence-corrected chi connectivity index (χ4v) is 4.13. The van der Waals surface area contributed by atoms with Gasteiger partial charge in [0, 0.05) is 43.5 Å². The van der Waals surface area contributed by atoms with Crippen LogP contribution in [0.3, 0.4) is 0 Å². The third-order valence-corrected chi connectivity index (χ3v) is 5.80. The van der Waals surface area contributed by atoms with Gasteiger partial charge in [0.15, 0.2) is 0 Å². The predicted molar refractivity (Wildman–Crippen MR) is 114 cm³/mol. The van der Waals surface area contributed by atoms with Crippen LogP contribution in [0.5, 0.6) is 5.88 Å². The lowest BCUT2D eigenvalue weighted by Gasteiger charge is -2.28. The van der Waals surface area contributed by atoms with Gasteiger partial charge in [-0.15, -0.1) is 10.2 Å². The Morgan fingerprint density at radius 1 is 1.10 bits per heavy atom. The molecule has 0 bridgehead atoms. The fourth-order valence-electron chi connectivity index (χ4n) is 3.47. The van der Waals surface area contributed by atoms with Crippen molar-refractivity contribution in [2.45, 2.75) is 0 Å². The average Bonchev–Trinajstić information content (AvgIpc) is 3.30. The fraction of sp³-hybridized carbons (Fsp3) is 0.200. The highest BCUT2D eigenvalue weighted by molar-refractivity contribution is 7.10. The summed E-state index contributed by atoms with van der Waals surface area (Å²) in [7, 11) is 0. The standard InChI is InChI=1S/C20H18N6O2S/c27-19-17(29-20(28)23-19)10-16-14-9-12(1-3-15(14)24-25-16)13-2-4-18(22-11-13)26-7-5-21-6-8-26/h1-4,9-11,21,27H,5-8H2,(H,23,28)/b16-10-. The van der Waals surface area contributed by atoms with Crippen LogP contribution in [-0.4, -0.2) is 41.3 Å². The normalized spacial score (nSPS) is 17.1. The zero-order chi connectivity index (χ0) is 19.8. The molecule has 8 nitrogen and oxygen atoms in total. The van der Waals surface area contributed by atoms with Gasteiger partial charge in [0.25, 0.3) is 0 Å². The van der Waals surface area contributed by atoms with Gasteiger partial charge in [-0.25, -0.2) is 4.98 Å². The number of benzene rings is 1. The summed E-state index contributed by atoms with van der Waals surface area (Å²) in [5.41, 5.74) is 4.24. The average molecular weight is 406 g/mol. The second-order valence-corrected chi connectivity index (χ2v) is 7.85. The minimum atomic E-state index is -0.311. The Hall–Kier alpha value is -3.30. The Labute approximate surface area is 170 Å². The molecule has 3 aromatic rings. The molecule has 9 heteroatoms. The molecule has 1 aromatic carbocycles.